The number of nitrogens with one attached hydrogen (secondary N) is 1. The highest BCUT2D eigenvalue weighted by molar-refractivity contribution is 7.80. The van der Waals surface area contributed by atoms with Crippen LogP contribution in [0.4, 0.5) is 0 Å². The second-order valence-corrected chi connectivity index (χ2v) is 2.09. The fourth-order valence-electron chi connectivity index (χ4n) is 0.322. The Balaban J connectivity index is 2.84. The molecule has 0 amide bonds. The van der Waals surface area contributed by atoms with Crippen LogP contribution in [-0.2, 0) is 9.63 Å². The molecule has 2 N–H and O–H groups in total. The Bertz CT molecular complexity index is 98.9. The quantitative estimate of drug-likeness (QED) is 0.292. The molecule has 5 heteroatoms. The standard InChI is InChI=1S/C5H11NO3S/c7-5(8)4-6-9-2-1-3-10/h6,10H,1-4H2,(H,7,8). The van der Waals surface area contributed by atoms with E-state index in [2.05, 4.69) is 18.1 Å². The van der Waals surface area contributed by atoms with E-state index >= 15 is 0 Å². The fourth-order valence-corrected chi connectivity index (χ4v) is 0.451. The zero-order valence-electron chi connectivity index (χ0n) is 5.54. The highest BCUT2D eigenvalue weighted by Crippen LogP contribution is 1.82. The minimum absolute atomic E-state index is 0.160. The number of hydrogen-bond donors (Lipinski definition) is 3. The van der Waals surface area contributed by atoms with Gasteiger partial charge in [0.15, 0.2) is 0 Å². The van der Waals surface area contributed by atoms with E-state index in [0.717, 1.165) is 12.2 Å². The fraction of sp³-hybridized carbons (Fsp3) is 0.800. The van der Waals surface area contributed by atoms with Crippen LogP contribution in [0.3, 0.4) is 0 Å². The highest BCUT2D eigenvalue weighted by atomic mass is 32.1. The molecule has 0 fully saturated rings. The molecule has 0 aromatic heterocycles. The van der Waals surface area contributed by atoms with Gasteiger partial charge in [-0.15, -0.1) is 0 Å². The van der Waals surface area contributed by atoms with Crippen molar-refractivity contribution in [2.75, 3.05) is 18.9 Å². The smallest absolute Gasteiger partial charge is 0.319 e. The molecule has 0 atom stereocenters. The average Bonchev–Trinajstić information content (AvgIpc) is 1.87. The van der Waals surface area contributed by atoms with E-state index in [-0.39, 0.29) is 6.54 Å². The maximum absolute atomic E-state index is 9.87. The van der Waals surface area contributed by atoms with E-state index in [4.69, 9.17) is 9.94 Å². The first kappa shape index (κ1) is 9.74. The molecule has 0 aliphatic rings. The molecule has 0 aliphatic carbocycles. The van der Waals surface area contributed by atoms with E-state index in [1.165, 1.54) is 0 Å². The first-order valence-electron chi connectivity index (χ1n) is 2.94. The van der Waals surface area contributed by atoms with Crippen molar-refractivity contribution in [3.05, 3.63) is 0 Å². The van der Waals surface area contributed by atoms with Gasteiger partial charge in [0.05, 0.1) is 6.61 Å². The molecular weight excluding hydrogens is 154 g/mol. The molecule has 60 valence electrons. The number of hydroxylamine groups is 1. The molecule has 0 saturated heterocycles. The third-order valence-electron chi connectivity index (χ3n) is 0.730. The maximum Gasteiger partial charge on any atom is 0.319 e. The second-order valence-electron chi connectivity index (χ2n) is 1.64. The summed E-state index contributed by atoms with van der Waals surface area (Å²) in [5, 5.41) is 8.11. The average molecular weight is 165 g/mol. The van der Waals surface area contributed by atoms with Crippen LogP contribution < -0.4 is 5.48 Å². The van der Waals surface area contributed by atoms with Gasteiger partial charge in [-0.2, -0.15) is 18.1 Å². The van der Waals surface area contributed by atoms with E-state index < -0.39 is 5.97 Å². The van der Waals surface area contributed by atoms with Crippen LogP contribution in [0, 0.1) is 0 Å². The van der Waals surface area contributed by atoms with E-state index in [9.17, 15) is 4.79 Å². The van der Waals surface area contributed by atoms with Crippen LogP contribution in [0.25, 0.3) is 0 Å². The Hall–Kier alpha value is -0.260. The molecule has 0 aliphatic heterocycles. The van der Waals surface area contributed by atoms with Crippen molar-refractivity contribution in [3.8, 4) is 0 Å². The number of carboxylic acids is 1. The van der Waals surface area contributed by atoms with Crippen LogP contribution in [0.5, 0.6) is 0 Å². The second kappa shape index (κ2) is 6.85. The zero-order chi connectivity index (χ0) is 7.82. The first-order valence-corrected chi connectivity index (χ1v) is 3.58. The van der Waals surface area contributed by atoms with Crippen molar-refractivity contribution in [2.24, 2.45) is 0 Å². The van der Waals surface area contributed by atoms with Crippen molar-refractivity contribution >= 4 is 18.6 Å². The summed E-state index contributed by atoms with van der Waals surface area (Å²) in [6, 6.07) is 0. The summed E-state index contributed by atoms with van der Waals surface area (Å²) in [5.41, 5.74) is 2.29. The lowest BCUT2D eigenvalue weighted by molar-refractivity contribution is -0.138. The Kier molecular flexibility index (Phi) is 6.68. The SMILES string of the molecule is O=C(O)CNOCCCS. The van der Waals surface area contributed by atoms with Gasteiger partial charge in [-0.25, -0.2) is 0 Å². The van der Waals surface area contributed by atoms with Crippen molar-refractivity contribution < 1.29 is 14.7 Å². The van der Waals surface area contributed by atoms with Gasteiger partial charge >= 0.3 is 5.97 Å². The number of rotatable bonds is 6. The number of carboxylic acid groups (broad SMARTS) is 1. The molecule has 10 heavy (non-hydrogen) atoms. The minimum Gasteiger partial charge on any atom is -0.480 e. The molecule has 0 rings (SSSR count). The lowest BCUT2D eigenvalue weighted by Gasteiger charge is -2.00. The monoisotopic (exact) mass is 165 g/mol. The predicted octanol–water partition coefficient (Wildman–Crippen LogP) is -0.0879. The molecule has 0 spiro atoms. The Morgan fingerprint density at radius 3 is 2.90 bits per heavy atom. The summed E-state index contributed by atoms with van der Waals surface area (Å²) in [4.78, 5) is 14.6. The lowest BCUT2D eigenvalue weighted by atomic mass is 10.5. The maximum atomic E-state index is 9.87. The van der Waals surface area contributed by atoms with Crippen LogP contribution in [0.2, 0.25) is 0 Å². The van der Waals surface area contributed by atoms with Gasteiger partial charge in [0, 0.05) is 0 Å². The number of carbonyl (C=O) groups is 1. The van der Waals surface area contributed by atoms with Gasteiger partial charge < -0.3 is 9.94 Å². The summed E-state index contributed by atoms with van der Waals surface area (Å²) >= 11 is 3.94. The third-order valence-corrected chi connectivity index (χ3v) is 1.05. The number of hydrogen-bond acceptors (Lipinski definition) is 4. The van der Waals surface area contributed by atoms with Crippen molar-refractivity contribution in [1.82, 2.24) is 5.48 Å². The molecule has 0 aromatic carbocycles. The summed E-state index contributed by atoms with van der Waals surface area (Å²) in [5.74, 6) is -0.180. The summed E-state index contributed by atoms with van der Waals surface area (Å²) in [6.07, 6.45) is 0.815. The van der Waals surface area contributed by atoms with Gasteiger partial charge in [-0.1, -0.05) is 0 Å². The molecule has 4 nitrogen and oxygen atoms in total. The van der Waals surface area contributed by atoms with Crippen LogP contribution >= 0.6 is 12.6 Å². The van der Waals surface area contributed by atoms with Gasteiger partial charge in [-0.05, 0) is 12.2 Å². The van der Waals surface area contributed by atoms with Crippen LogP contribution in [0.1, 0.15) is 6.42 Å². The van der Waals surface area contributed by atoms with Crippen molar-refractivity contribution in [1.29, 1.82) is 0 Å². The molecule has 0 bridgehead atoms. The first-order chi connectivity index (χ1) is 4.77. The summed E-state index contributed by atoms with van der Waals surface area (Å²) in [7, 11) is 0. The lowest BCUT2D eigenvalue weighted by Crippen LogP contribution is -2.23. The summed E-state index contributed by atoms with van der Waals surface area (Å²) < 4.78 is 0. The number of aliphatic carboxylic acids is 1. The third kappa shape index (κ3) is 7.74. The molecule has 0 saturated carbocycles. The minimum atomic E-state index is -0.925. The van der Waals surface area contributed by atoms with Crippen LogP contribution in [0.15, 0.2) is 0 Å². The zero-order valence-corrected chi connectivity index (χ0v) is 6.43. The highest BCUT2D eigenvalue weighted by Gasteiger charge is 1.93. The topological polar surface area (TPSA) is 58.6 Å². The van der Waals surface area contributed by atoms with Gasteiger partial charge in [0.1, 0.15) is 6.54 Å². The molecule has 0 aromatic rings. The van der Waals surface area contributed by atoms with E-state index in [1.807, 2.05) is 0 Å². The van der Waals surface area contributed by atoms with E-state index in [0.29, 0.717) is 6.61 Å². The van der Waals surface area contributed by atoms with E-state index in [1.54, 1.807) is 0 Å². The van der Waals surface area contributed by atoms with Gasteiger partial charge in [-0.3, -0.25) is 4.79 Å². The van der Waals surface area contributed by atoms with Crippen LogP contribution in [-0.4, -0.2) is 30.0 Å². The number of thiol groups is 1. The Morgan fingerprint density at radius 1 is 1.70 bits per heavy atom. The normalized spacial score (nSPS) is 9.70. The molecule has 0 radical (unpaired) electrons. The Labute approximate surface area is 64.9 Å². The molecule has 0 unspecified atom stereocenters. The van der Waals surface area contributed by atoms with Gasteiger partial charge in [0.25, 0.3) is 0 Å². The largest absolute Gasteiger partial charge is 0.480 e. The van der Waals surface area contributed by atoms with Crippen molar-refractivity contribution in [2.45, 2.75) is 6.42 Å². The van der Waals surface area contributed by atoms with Gasteiger partial charge in [0.2, 0.25) is 0 Å². The van der Waals surface area contributed by atoms with Crippen molar-refractivity contribution in [3.63, 3.8) is 0 Å². The Morgan fingerprint density at radius 2 is 2.40 bits per heavy atom. The summed E-state index contributed by atoms with van der Waals surface area (Å²) in [6.45, 7) is 0.337. The molecule has 0 heterocycles. The molecular formula is C5H11NO3S. The predicted molar refractivity (Wildman–Crippen MR) is 40.1 cm³/mol.